The number of para-hydroxylation sites is 1. The molecule has 4 aromatic rings. The smallest absolute Gasteiger partial charge is 0.292 e. The van der Waals surface area contributed by atoms with Gasteiger partial charge in [0.2, 0.25) is 0 Å². The molecule has 166 valence electrons. The highest BCUT2D eigenvalue weighted by Gasteiger charge is 2.27. The van der Waals surface area contributed by atoms with Crippen molar-refractivity contribution < 1.29 is 14.0 Å². The summed E-state index contributed by atoms with van der Waals surface area (Å²) < 4.78 is 5.67. The third-order valence-electron chi connectivity index (χ3n) is 5.66. The Bertz CT molecular complexity index is 1410. The van der Waals surface area contributed by atoms with Crippen LogP contribution in [-0.4, -0.2) is 16.8 Å². The lowest BCUT2D eigenvalue weighted by Crippen LogP contribution is -2.25. The van der Waals surface area contributed by atoms with Crippen molar-refractivity contribution >= 4 is 39.1 Å². The van der Waals surface area contributed by atoms with Gasteiger partial charge >= 0.3 is 0 Å². The van der Waals surface area contributed by atoms with Crippen molar-refractivity contribution in [2.75, 3.05) is 5.32 Å². The van der Waals surface area contributed by atoms with E-state index in [4.69, 9.17) is 4.42 Å². The van der Waals surface area contributed by atoms with E-state index in [1.54, 1.807) is 36.7 Å². The molecule has 3 aromatic heterocycles. The summed E-state index contributed by atoms with van der Waals surface area (Å²) in [6.07, 6.45) is 7.11. The van der Waals surface area contributed by atoms with Crippen LogP contribution in [0.4, 0.5) is 5.00 Å². The summed E-state index contributed by atoms with van der Waals surface area (Å²) >= 11 is 1.42. The van der Waals surface area contributed by atoms with Gasteiger partial charge in [-0.05, 0) is 55.0 Å². The number of carbonyl (C=O) groups excluding carboxylic acids is 2. The highest BCUT2D eigenvalue weighted by molar-refractivity contribution is 7.17. The zero-order valence-corrected chi connectivity index (χ0v) is 18.5. The van der Waals surface area contributed by atoms with Gasteiger partial charge in [-0.2, -0.15) is 0 Å². The van der Waals surface area contributed by atoms with E-state index < -0.39 is 5.91 Å². The van der Waals surface area contributed by atoms with E-state index in [2.05, 4.69) is 15.6 Å². The molecule has 8 heteroatoms. The number of pyridine rings is 1. The lowest BCUT2D eigenvalue weighted by molar-refractivity contribution is 0.0951. The second-order valence-electron chi connectivity index (χ2n) is 7.88. The predicted molar refractivity (Wildman–Crippen MR) is 127 cm³/mol. The van der Waals surface area contributed by atoms with Gasteiger partial charge in [-0.1, -0.05) is 18.2 Å². The van der Waals surface area contributed by atoms with Gasteiger partial charge in [0.25, 0.3) is 11.8 Å². The number of nitrogens with one attached hydrogen (secondary N) is 2. The summed E-state index contributed by atoms with van der Waals surface area (Å²) in [6, 6.07) is 11.7. The van der Waals surface area contributed by atoms with E-state index in [0.717, 1.165) is 41.7 Å². The maximum Gasteiger partial charge on any atom is 0.292 e. The number of benzene rings is 1. The molecular formula is C25H21N3O4S. The molecule has 1 aliphatic carbocycles. The van der Waals surface area contributed by atoms with Crippen LogP contribution >= 0.6 is 11.3 Å². The molecule has 0 atom stereocenters. The minimum Gasteiger partial charge on any atom is -0.451 e. The number of hydrogen-bond donors (Lipinski definition) is 2. The molecule has 33 heavy (non-hydrogen) atoms. The van der Waals surface area contributed by atoms with Crippen LogP contribution in [0.3, 0.4) is 0 Å². The van der Waals surface area contributed by atoms with Gasteiger partial charge in [0.05, 0.1) is 10.9 Å². The van der Waals surface area contributed by atoms with Gasteiger partial charge in [-0.15, -0.1) is 11.3 Å². The van der Waals surface area contributed by atoms with Gasteiger partial charge in [0.1, 0.15) is 10.6 Å². The topological polar surface area (TPSA) is 101 Å². The first-order valence-corrected chi connectivity index (χ1v) is 11.6. The van der Waals surface area contributed by atoms with Crippen LogP contribution in [0.1, 0.15) is 49.8 Å². The highest BCUT2D eigenvalue weighted by atomic mass is 32.1. The summed E-state index contributed by atoms with van der Waals surface area (Å²) in [7, 11) is 0. The van der Waals surface area contributed by atoms with E-state index in [0.29, 0.717) is 28.1 Å². The Morgan fingerprint density at radius 3 is 2.76 bits per heavy atom. The Kier molecular flexibility index (Phi) is 5.75. The van der Waals surface area contributed by atoms with Crippen molar-refractivity contribution in [2.24, 2.45) is 0 Å². The summed E-state index contributed by atoms with van der Waals surface area (Å²) in [5, 5.41) is 6.66. The Balaban J connectivity index is 1.44. The van der Waals surface area contributed by atoms with Crippen LogP contribution in [0.2, 0.25) is 0 Å². The lowest BCUT2D eigenvalue weighted by atomic mass is 9.95. The molecule has 2 N–H and O–H groups in total. The van der Waals surface area contributed by atoms with Crippen molar-refractivity contribution in [2.45, 2.75) is 32.2 Å². The van der Waals surface area contributed by atoms with E-state index in [1.165, 1.54) is 17.4 Å². The molecule has 0 saturated heterocycles. The van der Waals surface area contributed by atoms with Gasteiger partial charge in [-0.3, -0.25) is 19.4 Å². The molecule has 0 saturated carbocycles. The molecule has 2 amide bonds. The van der Waals surface area contributed by atoms with Crippen molar-refractivity contribution in [3.05, 3.63) is 92.4 Å². The lowest BCUT2D eigenvalue weighted by Gasteiger charge is -2.13. The largest absolute Gasteiger partial charge is 0.451 e. The summed E-state index contributed by atoms with van der Waals surface area (Å²) in [6.45, 7) is 0.338. The summed E-state index contributed by atoms with van der Waals surface area (Å²) in [4.78, 5) is 43.8. The number of thiophene rings is 1. The number of hydrogen-bond acceptors (Lipinski definition) is 6. The number of aromatic nitrogens is 1. The number of rotatable bonds is 5. The summed E-state index contributed by atoms with van der Waals surface area (Å²) in [5.41, 5.74) is 2.43. The molecule has 0 radical (unpaired) electrons. The fourth-order valence-electron chi connectivity index (χ4n) is 4.05. The van der Waals surface area contributed by atoms with Crippen LogP contribution in [0.5, 0.6) is 0 Å². The first-order chi connectivity index (χ1) is 16.1. The molecule has 0 aliphatic heterocycles. The van der Waals surface area contributed by atoms with Gasteiger partial charge in [-0.25, -0.2) is 0 Å². The Morgan fingerprint density at radius 1 is 1.06 bits per heavy atom. The Morgan fingerprint density at radius 2 is 1.91 bits per heavy atom. The first kappa shape index (κ1) is 21.1. The number of aryl methyl sites for hydroxylation is 1. The van der Waals surface area contributed by atoms with E-state index in [1.807, 2.05) is 12.1 Å². The third kappa shape index (κ3) is 4.29. The second-order valence-corrected chi connectivity index (χ2v) is 8.99. The highest BCUT2D eigenvalue weighted by Crippen LogP contribution is 2.38. The minimum absolute atomic E-state index is 0.0909. The zero-order valence-electron chi connectivity index (χ0n) is 17.7. The van der Waals surface area contributed by atoms with Crippen LogP contribution in [0.25, 0.3) is 11.0 Å². The van der Waals surface area contributed by atoms with Crippen LogP contribution in [-0.2, 0) is 19.4 Å². The number of anilines is 1. The minimum atomic E-state index is -0.558. The van der Waals surface area contributed by atoms with E-state index in [-0.39, 0.29) is 17.1 Å². The summed E-state index contributed by atoms with van der Waals surface area (Å²) in [5.74, 6) is -0.891. The number of carbonyl (C=O) groups is 2. The predicted octanol–water partition coefficient (Wildman–Crippen LogP) is 4.31. The molecule has 0 unspecified atom stereocenters. The normalized spacial score (nSPS) is 12.8. The van der Waals surface area contributed by atoms with Crippen LogP contribution < -0.4 is 16.1 Å². The van der Waals surface area contributed by atoms with E-state index in [9.17, 15) is 14.4 Å². The molecule has 5 rings (SSSR count). The monoisotopic (exact) mass is 459 g/mol. The number of fused-ring (bicyclic) bond motifs is 2. The fourth-order valence-corrected chi connectivity index (χ4v) is 5.33. The molecule has 0 spiro atoms. The van der Waals surface area contributed by atoms with Crippen molar-refractivity contribution in [3.8, 4) is 0 Å². The number of nitrogens with zero attached hydrogens (tertiary/aromatic N) is 1. The van der Waals surface area contributed by atoms with E-state index >= 15 is 0 Å². The molecule has 0 bridgehead atoms. The quantitative estimate of drug-likeness (QED) is 0.463. The Hall–Kier alpha value is -3.78. The zero-order chi connectivity index (χ0) is 22.8. The van der Waals surface area contributed by atoms with Gasteiger partial charge in [0.15, 0.2) is 11.2 Å². The maximum atomic E-state index is 13.2. The molecule has 3 heterocycles. The third-order valence-corrected chi connectivity index (χ3v) is 6.87. The van der Waals surface area contributed by atoms with Gasteiger partial charge < -0.3 is 15.1 Å². The number of amides is 2. The average Bonchev–Trinajstić information content (AvgIpc) is 3.21. The van der Waals surface area contributed by atoms with Gasteiger partial charge in [0, 0.05) is 29.9 Å². The molecular weight excluding hydrogens is 438 g/mol. The first-order valence-electron chi connectivity index (χ1n) is 10.8. The standard InChI is InChI=1S/C25H21N3O4S/c29-18-12-20(32-19-9-3-1-7-16(18)19)23(30)28-25-22(17-8-2-4-10-21(17)33-25)24(31)27-14-15-6-5-11-26-13-15/h1,3,5-7,9,11-13H,2,4,8,10,14H2,(H,27,31)(H,28,30). The average molecular weight is 460 g/mol. The van der Waals surface area contributed by atoms with Crippen molar-refractivity contribution in [3.63, 3.8) is 0 Å². The second kappa shape index (κ2) is 8.99. The molecule has 7 nitrogen and oxygen atoms in total. The van der Waals surface area contributed by atoms with Crippen molar-refractivity contribution in [1.82, 2.24) is 10.3 Å². The Labute approximate surface area is 193 Å². The molecule has 0 fully saturated rings. The maximum absolute atomic E-state index is 13.2. The van der Waals surface area contributed by atoms with Crippen LogP contribution in [0, 0.1) is 0 Å². The molecule has 1 aliphatic rings. The van der Waals surface area contributed by atoms with Crippen molar-refractivity contribution in [1.29, 1.82) is 0 Å². The SMILES string of the molecule is O=C(Nc1sc2c(c1C(=O)NCc1cccnc1)CCCC2)c1cc(=O)c2ccccc2o1. The fraction of sp³-hybridized carbons (Fsp3) is 0.200. The molecule has 1 aromatic carbocycles. The van der Waals surface area contributed by atoms with Crippen LogP contribution in [0.15, 0.2) is 64.1 Å².